The molecule has 0 spiro atoms. The number of ether oxygens (including phenoxy) is 2. The molecule has 3 aliphatic heterocycles. The second-order valence-corrected chi connectivity index (χ2v) is 8.54. The Morgan fingerprint density at radius 3 is 2.28 bits per heavy atom. The molecule has 36 heavy (non-hydrogen) atoms. The second kappa shape index (κ2) is 10.8. The summed E-state index contributed by atoms with van der Waals surface area (Å²) in [5.74, 6) is -3.47. The predicted octanol–water partition coefficient (Wildman–Crippen LogP) is -1.15. The van der Waals surface area contributed by atoms with Gasteiger partial charge in [0, 0.05) is 38.3 Å². The smallest absolute Gasteiger partial charge is 0.329 e. The molecule has 192 valence electrons. The van der Waals surface area contributed by atoms with Gasteiger partial charge < -0.3 is 24.4 Å². The number of piperazine rings is 1. The lowest BCUT2D eigenvalue weighted by molar-refractivity contribution is -0.144. The SMILES string of the molecule is O=C(O)COCCOCC(=O)N1CCN(c2ccc3c(c2)C(=O)N(C2CCC(=O)NC2=O)C3=O)CC1. The average Bonchev–Trinajstić information content (AvgIpc) is 3.10. The number of piperidine rings is 1. The van der Waals surface area contributed by atoms with Gasteiger partial charge in [0.15, 0.2) is 0 Å². The van der Waals surface area contributed by atoms with E-state index in [1.807, 2.05) is 4.90 Å². The summed E-state index contributed by atoms with van der Waals surface area (Å²) < 4.78 is 10.1. The highest BCUT2D eigenvalue weighted by Crippen LogP contribution is 2.31. The van der Waals surface area contributed by atoms with Crippen molar-refractivity contribution >= 4 is 41.2 Å². The van der Waals surface area contributed by atoms with Gasteiger partial charge in [-0.1, -0.05) is 0 Å². The van der Waals surface area contributed by atoms with Crippen molar-refractivity contribution in [3.05, 3.63) is 29.3 Å². The van der Waals surface area contributed by atoms with Gasteiger partial charge in [-0.2, -0.15) is 0 Å². The Bertz CT molecular complexity index is 1100. The Balaban J connectivity index is 1.30. The lowest BCUT2D eigenvalue weighted by Gasteiger charge is -2.36. The van der Waals surface area contributed by atoms with Crippen LogP contribution in [0.1, 0.15) is 33.6 Å². The molecule has 0 radical (unpaired) electrons. The lowest BCUT2D eigenvalue weighted by Crippen LogP contribution is -2.54. The molecule has 0 saturated carbocycles. The molecule has 2 fully saturated rings. The van der Waals surface area contributed by atoms with Gasteiger partial charge in [0.1, 0.15) is 19.3 Å². The van der Waals surface area contributed by atoms with Crippen molar-refractivity contribution in [1.82, 2.24) is 15.1 Å². The van der Waals surface area contributed by atoms with Crippen molar-refractivity contribution in [1.29, 1.82) is 0 Å². The zero-order chi connectivity index (χ0) is 25.8. The first-order valence-corrected chi connectivity index (χ1v) is 11.5. The Morgan fingerprint density at radius 2 is 1.61 bits per heavy atom. The highest BCUT2D eigenvalue weighted by atomic mass is 16.5. The molecule has 0 aromatic heterocycles. The van der Waals surface area contributed by atoms with Crippen molar-refractivity contribution < 1.29 is 43.3 Å². The quantitative estimate of drug-likeness (QED) is 0.311. The topological polar surface area (TPSA) is 163 Å². The minimum absolute atomic E-state index is 0.0571. The van der Waals surface area contributed by atoms with Crippen LogP contribution in [0.2, 0.25) is 0 Å². The maximum atomic E-state index is 13.0. The minimum Gasteiger partial charge on any atom is -0.480 e. The fourth-order valence-electron chi connectivity index (χ4n) is 4.40. The number of hydrogen-bond donors (Lipinski definition) is 2. The third-order valence-corrected chi connectivity index (χ3v) is 6.24. The molecular formula is C23H26N4O9. The number of nitrogens with one attached hydrogen (secondary N) is 1. The average molecular weight is 502 g/mol. The molecule has 13 nitrogen and oxygen atoms in total. The molecule has 13 heteroatoms. The Hall–Kier alpha value is -3.84. The zero-order valence-electron chi connectivity index (χ0n) is 19.4. The van der Waals surface area contributed by atoms with Crippen molar-refractivity contribution in [3.8, 4) is 0 Å². The van der Waals surface area contributed by atoms with Crippen LogP contribution in [0.15, 0.2) is 18.2 Å². The molecule has 1 unspecified atom stereocenters. The van der Waals surface area contributed by atoms with E-state index in [1.54, 1.807) is 23.1 Å². The summed E-state index contributed by atoms with van der Waals surface area (Å²) in [5, 5.41) is 10.7. The van der Waals surface area contributed by atoms with Crippen LogP contribution in [-0.4, -0.2) is 109 Å². The number of nitrogens with zero attached hydrogens (tertiary/aromatic N) is 3. The fraction of sp³-hybridized carbons (Fsp3) is 0.478. The summed E-state index contributed by atoms with van der Waals surface area (Å²) in [4.78, 5) is 76.8. The maximum Gasteiger partial charge on any atom is 0.329 e. The Morgan fingerprint density at radius 1 is 0.944 bits per heavy atom. The maximum absolute atomic E-state index is 13.0. The number of carbonyl (C=O) groups is 6. The minimum atomic E-state index is -1.07. The molecule has 2 saturated heterocycles. The number of carboxylic acids is 1. The summed E-state index contributed by atoms with van der Waals surface area (Å²) in [6.07, 6.45) is 0.152. The Labute approximate surface area is 205 Å². The summed E-state index contributed by atoms with van der Waals surface area (Å²) in [6, 6.07) is 3.91. The molecule has 1 aromatic rings. The van der Waals surface area contributed by atoms with Gasteiger partial charge in [0.2, 0.25) is 17.7 Å². The number of benzene rings is 1. The molecule has 3 heterocycles. The fourth-order valence-corrected chi connectivity index (χ4v) is 4.40. The highest BCUT2D eigenvalue weighted by Gasteiger charge is 2.44. The lowest BCUT2D eigenvalue weighted by atomic mass is 10.0. The number of anilines is 1. The largest absolute Gasteiger partial charge is 0.480 e. The number of amides is 5. The van der Waals surface area contributed by atoms with Crippen LogP contribution < -0.4 is 10.2 Å². The number of carbonyl (C=O) groups excluding carboxylic acids is 5. The van der Waals surface area contributed by atoms with E-state index >= 15 is 0 Å². The number of hydrogen-bond acceptors (Lipinski definition) is 9. The van der Waals surface area contributed by atoms with Crippen LogP contribution in [0, 0.1) is 0 Å². The van der Waals surface area contributed by atoms with E-state index in [0.717, 1.165) is 10.6 Å². The third-order valence-electron chi connectivity index (χ3n) is 6.24. The standard InChI is InChI=1S/C23H26N4O9/c28-18-4-3-17(21(32)24-18)27-22(33)15-2-1-14(11-16(15)23(27)34)25-5-7-26(8-6-25)19(29)12-35-9-10-36-13-20(30)31/h1-2,11,17H,3-10,12-13H2,(H,30,31)(H,24,28,32). The van der Waals surface area contributed by atoms with E-state index in [9.17, 15) is 28.8 Å². The van der Waals surface area contributed by atoms with E-state index < -0.39 is 42.2 Å². The molecule has 1 atom stereocenters. The summed E-state index contributed by atoms with van der Waals surface area (Å²) in [7, 11) is 0. The van der Waals surface area contributed by atoms with Crippen molar-refractivity contribution in [3.63, 3.8) is 0 Å². The molecule has 1 aromatic carbocycles. The number of imide groups is 2. The van der Waals surface area contributed by atoms with Crippen LogP contribution in [0.4, 0.5) is 5.69 Å². The van der Waals surface area contributed by atoms with Crippen molar-refractivity contribution in [2.24, 2.45) is 0 Å². The molecule has 3 aliphatic rings. The van der Waals surface area contributed by atoms with Gasteiger partial charge in [0.05, 0.1) is 24.3 Å². The summed E-state index contributed by atoms with van der Waals surface area (Å²) in [5.41, 5.74) is 1.14. The monoisotopic (exact) mass is 502 g/mol. The van der Waals surface area contributed by atoms with E-state index in [2.05, 4.69) is 5.32 Å². The van der Waals surface area contributed by atoms with Gasteiger partial charge in [-0.3, -0.25) is 34.2 Å². The molecule has 2 N–H and O–H groups in total. The zero-order valence-corrected chi connectivity index (χ0v) is 19.4. The molecule has 0 aliphatic carbocycles. The van der Waals surface area contributed by atoms with Crippen LogP contribution in [0.3, 0.4) is 0 Å². The normalized spacial score (nSPS) is 20.0. The summed E-state index contributed by atoms with van der Waals surface area (Å²) >= 11 is 0. The van der Waals surface area contributed by atoms with Gasteiger partial charge in [0.25, 0.3) is 11.8 Å². The third kappa shape index (κ3) is 5.36. The predicted molar refractivity (Wildman–Crippen MR) is 121 cm³/mol. The van der Waals surface area contributed by atoms with Gasteiger partial charge in [-0.15, -0.1) is 0 Å². The molecule has 4 rings (SSSR count). The van der Waals surface area contributed by atoms with E-state index in [0.29, 0.717) is 26.2 Å². The van der Waals surface area contributed by atoms with Crippen molar-refractivity contribution in [2.45, 2.75) is 18.9 Å². The molecule has 0 bridgehead atoms. The van der Waals surface area contributed by atoms with Crippen LogP contribution in [0.25, 0.3) is 0 Å². The summed E-state index contributed by atoms with van der Waals surface area (Å²) in [6.45, 7) is 1.51. The molecule has 5 amide bonds. The van der Waals surface area contributed by atoms with Gasteiger partial charge in [-0.05, 0) is 24.6 Å². The number of fused-ring (bicyclic) bond motifs is 1. The van der Waals surface area contributed by atoms with Gasteiger partial charge in [-0.25, -0.2) is 4.79 Å². The van der Waals surface area contributed by atoms with E-state index in [-0.39, 0.29) is 49.7 Å². The van der Waals surface area contributed by atoms with Gasteiger partial charge >= 0.3 is 5.97 Å². The number of aliphatic carboxylic acids is 1. The highest BCUT2D eigenvalue weighted by molar-refractivity contribution is 6.23. The van der Waals surface area contributed by atoms with Crippen LogP contribution in [-0.2, 0) is 28.7 Å². The first-order chi connectivity index (χ1) is 17.3. The number of rotatable bonds is 9. The number of carboxylic acid groups (broad SMARTS) is 1. The van der Waals surface area contributed by atoms with Crippen molar-refractivity contribution in [2.75, 3.05) is 57.5 Å². The van der Waals surface area contributed by atoms with E-state index in [1.165, 1.54) is 0 Å². The van der Waals surface area contributed by atoms with Crippen LogP contribution >= 0.6 is 0 Å². The first-order valence-electron chi connectivity index (χ1n) is 11.5. The Kier molecular flexibility index (Phi) is 7.60. The molecular weight excluding hydrogens is 476 g/mol. The first kappa shape index (κ1) is 25.3. The van der Waals surface area contributed by atoms with E-state index in [4.69, 9.17) is 14.6 Å². The second-order valence-electron chi connectivity index (χ2n) is 8.54. The van der Waals surface area contributed by atoms with Crippen LogP contribution in [0.5, 0.6) is 0 Å².